The van der Waals surface area contributed by atoms with Gasteiger partial charge in [0.1, 0.15) is 5.75 Å². The fourth-order valence-corrected chi connectivity index (χ4v) is 3.43. The molecule has 19 heavy (non-hydrogen) atoms. The Hall–Kier alpha value is -1.22. The van der Waals surface area contributed by atoms with Crippen LogP contribution in [-0.2, 0) is 23.1 Å². The topological polar surface area (TPSA) is 57.5 Å². The van der Waals surface area contributed by atoms with Gasteiger partial charge in [0.25, 0.3) is 0 Å². The van der Waals surface area contributed by atoms with Crippen LogP contribution in [0, 0.1) is 0 Å². The number of halogens is 1. The van der Waals surface area contributed by atoms with Gasteiger partial charge in [0.15, 0.2) is 0 Å². The summed E-state index contributed by atoms with van der Waals surface area (Å²) in [6.45, 7) is 0. The van der Waals surface area contributed by atoms with E-state index in [1.54, 1.807) is 0 Å². The van der Waals surface area contributed by atoms with E-state index in [1.165, 1.54) is 0 Å². The number of aryl methyl sites for hydroxylation is 1. The highest BCUT2D eigenvalue weighted by Crippen LogP contribution is 2.54. The minimum absolute atomic E-state index is 0.0118. The van der Waals surface area contributed by atoms with Gasteiger partial charge in [0.2, 0.25) is 0 Å². The highest BCUT2D eigenvalue weighted by atomic mass is 35.5. The highest BCUT2D eigenvalue weighted by Gasteiger charge is 2.53. The molecule has 0 aromatic heterocycles. The average molecular weight is 281 g/mol. The molecule has 0 bridgehead atoms. The van der Waals surface area contributed by atoms with E-state index in [2.05, 4.69) is 0 Å². The van der Waals surface area contributed by atoms with Gasteiger partial charge in [0, 0.05) is 5.56 Å². The molecular weight excluding hydrogens is 264 g/mol. The van der Waals surface area contributed by atoms with E-state index in [4.69, 9.17) is 11.6 Å². The predicted molar refractivity (Wildman–Crippen MR) is 72.9 cm³/mol. The van der Waals surface area contributed by atoms with Gasteiger partial charge < -0.3 is 10.2 Å². The van der Waals surface area contributed by atoms with E-state index < -0.39 is 11.4 Å². The van der Waals surface area contributed by atoms with Crippen molar-refractivity contribution in [3.8, 4) is 5.75 Å². The van der Waals surface area contributed by atoms with Crippen LogP contribution in [0.1, 0.15) is 48.8 Å². The van der Waals surface area contributed by atoms with Crippen molar-refractivity contribution in [2.24, 2.45) is 0 Å². The lowest BCUT2D eigenvalue weighted by Crippen LogP contribution is -2.20. The summed E-state index contributed by atoms with van der Waals surface area (Å²) < 4.78 is 0. The van der Waals surface area contributed by atoms with Gasteiger partial charge in [-0.1, -0.05) is 24.1 Å². The first-order valence-electron chi connectivity index (χ1n) is 6.83. The number of phenols is 1. The lowest BCUT2D eigenvalue weighted by Gasteiger charge is -2.18. The van der Waals surface area contributed by atoms with Crippen LogP contribution in [0.5, 0.6) is 5.75 Å². The summed E-state index contributed by atoms with van der Waals surface area (Å²) in [5.41, 5.74) is 1.77. The van der Waals surface area contributed by atoms with Crippen LogP contribution in [0.15, 0.2) is 6.07 Å². The summed E-state index contributed by atoms with van der Waals surface area (Å²) in [4.78, 5) is 11.4. The zero-order valence-corrected chi connectivity index (χ0v) is 11.5. The Bertz CT molecular complexity index is 547. The molecule has 4 heteroatoms. The number of carboxylic acid groups (broad SMARTS) is 1. The van der Waals surface area contributed by atoms with Crippen molar-refractivity contribution in [2.45, 2.75) is 50.4 Å². The van der Waals surface area contributed by atoms with Crippen molar-refractivity contribution in [3.63, 3.8) is 0 Å². The molecule has 1 saturated carbocycles. The summed E-state index contributed by atoms with van der Waals surface area (Å²) in [5.74, 6) is -0.866. The molecule has 0 saturated heterocycles. The second-order valence-corrected chi connectivity index (χ2v) is 6.05. The summed E-state index contributed by atoms with van der Waals surface area (Å²) >= 11 is 6.28. The van der Waals surface area contributed by atoms with Gasteiger partial charge in [-0.05, 0) is 49.7 Å². The number of aliphatic carboxylic acids is 1. The van der Waals surface area contributed by atoms with Gasteiger partial charge in [-0.2, -0.15) is 0 Å². The number of carbonyl (C=O) groups is 1. The molecule has 0 atom stereocenters. The fourth-order valence-electron chi connectivity index (χ4n) is 3.11. The number of rotatable bonds is 2. The number of hydrogen-bond donors (Lipinski definition) is 2. The lowest BCUT2D eigenvalue weighted by atomic mass is 9.90. The molecule has 3 nitrogen and oxygen atoms in total. The largest absolute Gasteiger partial charge is 0.506 e. The summed E-state index contributed by atoms with van der Waals surface area (Å²) in [6.07, 6.45) is 6.32. The van der Waals surface area contributed by atoms with Crippen molar-refractivity contribution < 1.29 is 15.0 Å². The highest BCUT2D eigenvalue weighted by molar-refractivity contribution is 6.33. The number of carboxylic acids is 1. The number of aromatic hydroxyl groups is 1. The lowest BCUT2D eigenvalue weighted by molar-refractivity contribution is -0.140. The zero-order chi connectivity index (χ0) is 13.6. The Kier molecular flexibility index (Phi) is 2.97. The molecule has 3 rings (SSSR count). The van der Waals surface area contributed by atoms with Gasteiger partial charge in [-0.15, -0.1) is 0 Å². The normalized spacial score (nSPS) is 20.5. The maximum Gasteiger partial charge on any atom is 0.314 e. The molecule has 0 spiro atoms. The Balaban J connectivity index is 2.15. The smallest absolute Gasteiger partial charge is 0.314 e. The maximum absolute atomic E-state index is 11.4. The average Bonchev–Trinajstić information content (AvgIpc) is 3.17. The molecule has 0 radical (unpaired) electrons. The maximum atomic E-state index is 11.4. The molecule has 0 aliphatic heterocycles. The van der Waals surface area contributed by atoms with Crippen LogP contribution < -0.4 is 0 Å². The molecule has 1 aromatic rings. The standard InChI is InChI=1S/C15H17ClO3/c16-12-10-5-3-1-2-4-9(10)8-11(13(12)17)15(6-7-15)14(18)19/h8,17H,1-7H2,(H,18,19). The molecule has 0 heterocycles. The molecule has 0 amide bonds. The van der Waals surface area contributed by atoms with Gasteiger partial charge in [-0.25, -0.2) is 0 Å². The zero-order valence-electron chi connectivity index (χ0n) is 10.7. The number of benzene rings is 1. The Morgan fingerprint density at radius 1 is 1.21 bits per heavy atom. The fraction of sp³-hybridized carbons (Fsp3) is 0.533. The second-order valence-electron chi connectivity index (χ2n) is 5.67. The molecule has 2 aliphatic rings. The minimum atomic E-state index is -0.894. The monoisotopic (exact) mass is 280 g/mol. The molecule has 0 unspecified atom stereocenters. The number of phenolic OH excluding ortho intramolecular Hbond substituents is 1. The first-order valence-corrected chi connectivity index (χ1v) is 7.21. The van der Waals surface area contributed by atoms with Crippen molar-refractivity contribution in [1.82, 2.24) is 0 Å². The van der Waals surface area contributed by atoms with Crippen LogP contribution in [-0.4, -0.2) is 16.2 Å². The van der Waals surface area contributed by atoms with E-state index in [0.29, 0.717) is 23.4 Å². The Morgan fingerprint density at radius 2 is 1.89 bits per heavy atom. The van der Waals surface area contributed by atoms with E-state index in [-0.39, 0.29) is 5.75 Å². The van der Waals surface area contributed by atoms with Crippen molar-refractivity contribution in [2.75, 3.05) is 0 Å². The number of fused-ring (bicyclic) bond motifs is 1. The third-order valence-corrected chi connectivity index (χ3v) is 4.89. The van der Waals surface area contributed by atoms with Crippen LogP contribution in [0.2, 0.25) is 5.02 Å². The van der Waals surface area contributed by atoms with Crippen LogP contribution in [0.3, 0.4) is 0 Å². The van der Waals surface area contributed by atoms with Gasteiger partial charge >= 0.3 is 5.97 Å². The van der Waals surface area contributed by atoms with E-state index in [9.17, 15) is 15.0 Å². The van der Waals surface area contributed by atoms with Gasteiger partial charge in [-0.3, -0.25) is 4.79 Å². The summed E-state index contributed by atoms with van der Waals surface area (Å²) in [5, 5.41) is 20.0. The first kappa shape index (κ1) is 12.8. The van der Waals surface area contributed by atoms with Crippen molar-refractivity contribution in [1.29, 1.82) is 0 Å². The first-order chi connectivity index (χ1) is 9.06. The van der Waals surface area contributed by atoms with E-state index in [1.807, 2.05) is 6.07 Å². The van der Waals surface area contributed by atoms with Crippen LogP contribution in [0.4, 0.5) is 0 Å². The predicted octanol–water partition coefficient (Wildman–Crippen LogP) is 3.43. The second kappa shape index (κ2) is 4.41. The molecule has 2 aliphatic carbocycles. The van der Waals surface area contributed by atoms with E-state index >= 15 is 0 Å². The molecule has 2 N–H and O–H groups in total. The van der Waals surface area contributed by atoms with Crippen molar-refractivity contribution in [3.05, 3.63) is 27.8 Å². The van der Waals surface area contributed by atoms with E-state index in [0.717, 1.165) is 43.2 Å². The van der Waals surface area contributed by atoms with Crippen molar-refractivity contribution >= 4 is 17.6 Å². The molecule has 1 fully saturated rings. The van der Waals surface area contributed by atoms with Crippen LogP contribution in [0.25, 0.3) is 0 Å². The summed E-state index contributed by atoms with van der Waals surface area (Å²) in [6, 6.07) is 1.89. The SMILES string of the molecule is O=C(O)C1(c2cc3c(c(Cl)c2O)CCCCC3)CC1. The third kappa shape index (κ3) is 1.91. The quantitative estimate of drug-likeness (QED) is 0.816. The molecule has 102 valence electrons. The minimum Gasteiger partial charge on any atom is -0.506 e. The Labute approximate surface area is 117 Å². The molecule has 1 aromatic carbocycles. The summed E-state index contributed by atoms with van der Waals surface area (Å²) in [7, 11) is 0. The van der Waals surface area contributed by atoms with Gasteiger partial charge in [0.05, 0.1) is 10.4 Å². The van der Waals surface area contributed by atoms with Crippen LogP contribution >= 0.6 is 11.6 Å². The molecular formula is C15H17ClO3. The third-order valence-electron chi connectivity index (χ3n) is 4.48. The Morgan fingerprint density at radius 3 is 2.53 bits per heavy atom. The number of hydrogen-bond acceptors (Lipinski definition) is 2.